The molecule has 17 heavy (non-hydrogen) atoms. The minimum atomic E-state index is 0.779. The van der Waals surface area contributed by atoms with Crippen molar-refractivity contribution in [2.45, 2.75) is 39.2 Å². The van der Waals surface area contributed by atoms with E-state index in [1.807, 2.05) is 6.07 Å². The summed E-state index contributed by atoms with van der Waals surface area (Å²) in [6.07, 6.45) is 5.54. The van der Waals surface area contributed by atoms with E-state index < -0.39 is 0 Å². The second kappa shape index (κ2) is 6.39. The normalized spacial score (nSPS) is 25.1. The van der Waals surface area contributed by atoms with Gasteiger partial charge in [0.2, 0.25) is 0 Å². The highest BCUT2D eigenvalue weighted by atomic mass is 79.9. The average molecular weight is 365 g/mol. The summed E-state index contributed by atoms with van der Waals surface area (Å²) < 4.78 is 7.29. The van der Waals surface area contributed by atoms with Gasteiger partial charge in [-0.2, -0.15) is 0 Å². The van der Waals surface area contributed by atoms with Crippen LogP contribution in [0.3, 0.4) is 0 Å². The Bertz CT molecular complexity index is 337. The zero-order valence-corrected chi connectivity index (χ0v) is 13.3. The van der Waals surface area contributed by atoms with Crippen LogP contribution in [0.15, 0.2) is 19.6 Å². The molecule has 0 saturated heterocycles. The maximum atomic E-state index is 5.53. The topological polar surface area (TPSA) is 25.2 Å². The highest BCUT2D eigenvalue weighted by Crippen LogP contribution is 2.28. The van der Waals surface area contributed by atoms with Crippen molar-refractivity contribution in [1.29, 1.82) is 0 Å². The van der Waals surface area contributed by atoms with Crippen molar-refractivity contribution >= 4 is 31.9 Å². The van der Waals surface area contributed by atoms with Gasteiger partial charge in [0, 0.05) is 0 Å². The predicted octanol–water partition coefficient (Wildman–Crippen LogP) is 4.72. The summed E-state index contributed by atoms with van der Waals surface area (Å²) in [6.45, 7) is 4.29. The van der Waals surface area contributed by atoms with E-state index in [0.717, 1.165) is 39.8 Å². The Morgan fingerprint density at radius 1 is 1.29 bits per heavy atom. The van der Waals surface area contributed by atoms with E-state index in [1.54, 1.807) is 0 Å². The van der Waals surface area contributed by atoms with Crippen LogP contribution in [0.2, 0.25) is 0 Å². The van der Waals surface area contributed by atoms with Gasteiger partial charge >= 0.3 is 0 Å². The van der Waals surface area contributed by atoms with Crippen LogP contribution in [0.1, 0.15) is 38.4 Å². The average Bonchev–Trinajstić information content (AvgIpc) is 2.61. The first-order valence-electron chi connectivity index (χ1n) is 6.29. The van der Waals surface area contributed by atoms with Gasteiger partial charge in [-0.3, -0.25) is 0 Å². The van der Waals surface area contributed by atoms with E-state index in [0.29, 0.717) is 0 Å². The summed E-state index contributed by atoms with van der Waals surface area (Å²) in [7, 11) is 0. The molecule has 1 N–H and O–H groups in total. The molecule has 0 aliphatic heterocycles. The molecule has 0 aromatic carbocycles. The van der Waals surface area contributed by atoms with Crippen molar-refractivity contribution in [2.75, 3.05) is 6.54 Å². The fourth-order valence-corrected chi connectivity index (χ4v) is 3.07. The Morgan fingerprint density at radius 3 is 2.59 bits per heavy atom. The lowest BCUT2D eigenvalue weighted by Gasteiger charge is -2.26. The maximum Gasteiger partial charge on any atom is 0.183 e. The van der Waals surface area contributed by atoms with Gasteiger partial charge in [-0.05, 0) is 69.1 Å². The van der Waals surface area contributed by atoms with E-state index in [2.05, 4.69) is 44.1 Å². The van der Waals surface area contributed by atoms with Crippen molar-refractivity contribution in [3.63, 3.8) is 0 Å². The van der Waals surface area contributed by atoms with Gasteiger partial charge in [0.1, 0.15) is 5.76 Å². The Balaban J connectivity index is 1.69. The Labute approximate surface area is 120 Å². The molecule has 0 radical (unpaired) electrons. The fraction of sp³-hybridized carbons (Fsp3) is 0.692. The molecule has 1 heterocycles. The van der Waals surface area contributed by atoms with Gasteiger partial charge in [0.25, 0.3) is 0 Å². The smallest absolute Gasteiger partial charge is 0.183 e. The van der Waals surface area contributed by atoms with Crippen molar-refractivity contribution in [3.05, 3.63) is 21.0 Å². The van der Waals surface area contributed by atoms with Crippen molar-refractivity contribution in [2.24, 2.45) is 11.8 Å². The molecule has 2 nitrogen and oxygen atoms in total. The SMILES string of the molecule is CC1CCC(CNCc2cc(Br)c(Br)o2)CC1. The second-order valence-corrected chi connectivity index (χ2v) is 6.67. The summed E-state index contributed by atoms with van der Waals surface area (Å²) >= 11 is 6.77. The third kappa shape index (κ3) is 4.11. The summed E-state index contributed by atoms with van der Waals surface area (Å²) in [4.78, 5) is 0. The standard InChI is InChI=1S/C13H19Br2NO/c1-9-2-4-10(5-3-9)7-16-8-11-6-12(14)13(15)17-11/h6,9-10,16H,2-5,7-8H2,1H3. The van der Waals surface area contributed by atoms with Crippen LogP contribution in [0.5, 0.6) is 0 Å². The van der Waals surface area contributed by atoms with E-state index in [9.17, 15) is 0 Å². The third-order valence-electron chi connectivity index (χ3n) is 3.56. The van der Waals surface area contributed by atoms with Gasteiger partial charge in [-0.15, -0.1) is 0 Å². The lowest BCUT2D eigenvalue weighted by molar-refractivity contribution is 0.279. The fourth-order valence-electron chi connectivity index (χ4n) is 2.41. The first kappa shape index (κ1) is 13.6. The quantitative estimate of drug-likeness (QED) is 0.836. The molecule has 0 atom stereocenters. The molecule has 0 unspecified atom stereocenters. The summed E-state index contributed by atoms with van der Waals surface area (Å²) in [6, 6.07) is 2.01. The van der Waals surface area contributed by atoms with Crippen LogP contribution in [0, 0.1) is 11.8 Å². The molecule has 4 heteroatoms. The number of nitrogens with one attached hydrogen (secondary N) is 1. The molecule has 0 amide bonds. The molecule has 96 valence electrons. The van der Waals surface area contributed by atoms with Crippen LogP contribution < -0.4 is 5.32 Å². The molecule has 1 fully saturated rings. The lowest BCUT2D eigenvalue weighted by Crippen LogP contribution is -2.25. The predicted molar refractivity (Wildman–Crippen MR) is 76.9 cm³/mol. The number of furan rings is 1. The molecular formula is C13H19Br2NO. The van der Waals surface area contributed by atoms with Crippen LogP contribution in [-0.2, 0) is 6.54 Å². The highest BCUT2D eigenvalue weighted by Gasteiger charge is 2.17. The zero-order valence-electron chi connectivity index (χ0n) is 10.1. The number of rotatable bonds is 4. The number of hydrogen-bond donors (Lipinski definition) is 1. The van der Waals surface area contributed by atoms with Crippen molar-refractivity contribution in [1.82, 2.24) is 5.32 Å². The second-order valence-electron chi connectivity index (χ2n) is 5.09. The van der Waals surface area contributed by atoms with Crippen LogP contribution in [-0.4, -0.2) is 6.54 Å². The number of halogens is 2. The molecule has 1 saturated carbocycles. The molecule has 1 aliphatic rings. The molecule has 1 aliphatic carbocycles. The first-order chi connectivity index (χ1) is 8.15. The van der Waals surface area contributed by atoms with Gasteiger partial charge < -0.3 is 9.73 Å². The van der Waals surface area contributed by atoms with Gasteiger partial charge in [0.05, 0.1) is 11.0 Å². The molecule has 1 aromatic heterocycles. The Kier molecular flexibility index (Phi) is 5.12. The molecule has 2 rings (SSSR count). The minimum absolute atomic E-state index is 0.779. The maximum absolute atomic E-state index is 5.53. The van der Waals surface area contributed by atoms with Gasteiger partial charge in [0.15, 0.2) is 4.67 Å². The van der Waals surface area contributed by atoms with Crippen LogP contribution >= 0.6 is 31.9 Å². The summed E-state index contributed by atoms with van der Waals surface area (Å²) in [5, 5.41) is 3.49. The number of hydrogen-bond acceptors (Lipinski definition) is 2. The third-order valence-corrected chi connectivity index (χ3v) is 5.27. The molecule has 1 aromatic rings. The monoisotopic (exact) mass is 363 g/mol. The van der Waals surface area contributed by atoms with E-state index in [4.69, 9.17) is 4.42 Å². The molecule has 0 bridgehead atoms. The minimum Gasteiger partial charge on any atom is -0.452 e. The van der Waals surface area contributed by atoms with Gasteiger partial charge in [-0.1, -0.05) is 19.8 Å². The summed E-state index contributed by atoms with van der Waals surface area (Å²) in [5.41, 5.74) is 0. The Morgan fingerprint density at radius 2 is 2.00 bits per heavy atom. The Hall–Kier alpha value is 0.200. The molecule has 0 spiro atoms. The zero-order chi connectivity index (χ0) is 12.3. The van der Waals surface area contributed by atoms with E-state index >= 15 is 0 Å². The lowest BCUT2D eigenvalue weighted by atomic mass is 9.83. The van der Waals surface area contributed by atoms with Crippen LogP contribution in [0.25, 0.3) is 0 Å². The van der Waals surface area contributed by atoms with E-state index in [1.165, 1.54) is 25.7 Å². The van der Waals surface area contributed by atoms with Gasteiger partial charge in [-0.25, -0.2) is 0 Å². The largest absolute Gasteiger partial charge is 0.452 e. The first-order valence-corrected chi connectivity index (χ1v) is 7.88. The van der Waals surface area contributed by atoms with Crippen LogP contribution in [0.4, 0.5) is 0 Å². The highest BCUT2D eigenvalue weighted by molar-refractivity contribution is 9.13. The van der Waals surface area contributed by atoms with Crippen molar-refractivity contribution in [3.8, 4) is 0 Å². The summed E-state index contributed by atoms with van der Waals surface area (Å²) in [5.74, 6) is 2.77. The molecular weight excluding hydrogens is 346 g/mol. The van der Waals surface area contributed by atoms with E-state index in [-0.39, 0.29) is 0 Å². The van der Waals surface area contributed by atoms with Crippen molar-refractivity contribution < 1.29 is 4.42 Å².